The number of hydrogen-bond donors (Lipinski definition) is 0. The Morgan fingerprint density at radius 3 is 2.33 bits per heavy atom. The summed E-state index contributed by atoms with van der Waals surface area (Å²) in [6, 6.07) is 5.59. The highest BCUT2D eigenvalue weighted by atomic mass is 16.5. The van der Waals surface area contributed by atoms with Gasteiger partial charge in [-0.05, 0) is 24.6 Å². The average molecular weight is 203 g/mol. The summed E-state index contributed by atoms with van der Waals surface area (Å²) in [6.45, 7) is 5.58. The molecule has 1 aromatic rings. The Balaban J connectivity index is 3.36. The summed E-state index contributed by atoms with van der Waals surface area (Å²) in [5, 5.41) is 8.80. The lowest BCUT2D eigenvalue weighted by Gasteiger charge is -2.11. The molecule has 15 heavy (non-hydrogen) atoms. The number of methoxy groups -OCH3 is 2. The van der Waals surface area contributed by atoms with Crippen molar-refractivity contribution in [3.63, 3.8) is 0 Å². The van der Waals surface area contributed by atoms with Crippen molar-refractivity contribution < 1.29 is 9.47 Å². The summed E-state index contributed by atoms with van der Waals surface area (Å²) in [4.78, 5) is 0. The van der Waals surface area contributed by atoms with Gasteiger partial charge >= 0.3 is 0 Å². The van der Waals surface area contributed by atoms with Gasteiger partial charge in [0.25, 0.3) is 0 Å². The van der Waals surface area contributed by atoms with Crippen molar-refractivity contribution in [3.8, 4) is 17.6 Å². The van der Waals surface area contributed by atoms with Gasteiger partial charge in [-0.15, -0.1) is 0 Å². The SMILES string of the molecule is C=C(C#N)c1cc(OC)c(C)cc1OC. The first-order valence-electron chi connectivity index (χ1n) is 4.46. The molecule has 0 aliphatic rings. The Kier molecular flexibility index (Phi) is 3.35. The van der Waals surface area contributed by atoms with Crippen LogP contribution in [0.25, 0.3) is 5.57 Å². The lowest BCUT2D eigenvalue weighted by atomic mass is 10.0. The molecule has 3 nitrogen and oxygen atoms in total. The third-order valence-corrected chi connectivity index (χ3v) is 2.18. The second-order valence-electron chi connectivity index (χ2n) is 3.11. The Morgan fingerprint density at radius 1 is 1.27 bits per heavy atom. The van der Waals surface area contributed by atoms with Crippen molar-refractivity contribution >= 4 is 5.57 Å². The normalized spacial score (nSPS) is 9.20. The van der Waals surface area contributed by atoms with Crippen molar-refractivity contribution in [2.75, 3.05) is 14.2 Å². The van der Waals surface area contributed by atoms with E-state index in [1.54, 1.807) is 20.3 Å². The number of aryl methyl sites for hydroxylation is 1. The first-order chi connectivity index (χ1) is 7.13. The van der Waals surface area contributed by atoms with Crippen LogP contribution in [0.2, 0.25) is 0 Å². The van der Waals surface area contributed by atoms with Crippen LogP contribution in [0.1, 0.15) is 11.1 Å². The van der Waals surface area contributed by atoms with Gasteiger partial charge in [-0.3, -0.25) is 0 Å². The van der Waals surface area contributed by atoms with Crippen molar-refractivity contribution in [1.82, 2.24) is 0 Å². The molecule has 0 saturated carbocycles. The lowest BCUT2D eigenvalue weighted by molar-refractivity contribution is 0.399. The van der Waals surface area contributed by atoms with Gasteiger partial charge in [0.15, 0.2) is 0 Å². The van der Waals surface area contributed by atoms with E-state index >= 15 is 0 Å². The maximum Gasteiger partial charge on any atom is 0.127 e. The minimum Gasteiger partial charge on any atom is -0.496 e. The molecule has 0 aliphatic carbocycles. The molecule has 0 aromatic heterocycles. The van der Waals surface area contributed by atoms with E-state index in [2.05, 4.69) is 6.58 Å². The van der Waals surface area contributed by atoms with E-state index in [0.29, 0.717) is 16.9 Å². The Bertz CT molecular complexity index is 430. The fraction of sp³-hybridized carbons (Fsp3) is 0.250. The summed E-state index contributed by atoms with van der Waals surface area (Å²) < 4.78 is 10.4. The van der Waals surface area contributed by atoms with Gasteiger partial charge in [-0.2, -0.15) is 5.26 Å². The third-order valence-electron chi connectivity index (χ3n) is 2.18. The van der Waals surface area contributed by atoms with E-state index in [9.17, 15) is 0 Å². The molecule has 0 atom stereocenters. The van der Waals surface area contributed by atoms with Gasteiger partial charge in [0.05, 0.1) is 25.9 Å². The first kappa shape index (κ1) is 11.1. The highest BCUT2D eigenvalue weighted by Gasteiger charge is 2.10. The summed E-state index contributed by atoms with van der Waals surface area (Å²) >= 11 is 0. The lowest BCUT2D eigenvalue weighted by Crippen LogP contribution is -1.94. The van der Waals surface area contributed by atoms with Crippen LogP contribution in [0.15, 0.2) is 18.7 Å². The summed E-state index contributed by atoms with van der Waals surface area (Å²) in [5.74, 6) is 1.36. The Morgan fingerprint density at radius 2 is 1.87 bits per heavy atom. The number of hydrogen-bond acceptors (Lipinski definition) is 3. The molecule has 1 rings (SSSR count). The van der Waals surface area contributed by atoms with Crippen LogP contribution in [0.5, 0.6) is 11.5 Å². The molecule has 0 spiro atoms. The van der Waals surface area contributed by atoms with Crippen LogP contribution in [0, 0.1) is 18.3 Å². The van der Waals surface area contributed by atoms with Crippen molar-refractivity contribution in [3.05, 3.63) is 29.8 Å². The number of benzene rings is 1. The predicted molar refractivity (Wildman–Crippen MR) is 58.9 cm³/mol. The second kappa shape index (κ2) is 4.52. The number of ether oxygens (including phenoxy) is 2. The van der Waals surface area contributed by atoms with Crippen molar-refractivity contribution in [2.24, 2.45) is 0 Å². The molecule has 3 heteroatoms. The molecule has 0 heterocycles. The standard InChI is InChI=1S/C12H13NO2/c1-8-5-12(15-4)10(9(2)7-13)6-11(8)14-3/h5-6H,2H2,1,3-4H3. The molecule has 1 aromatic carbocycles. The van der Waals surface area contributed by atoms with Crippen molar-refractivity contribution in [2.45, 2.75) is 6.92 Å². The first-order valence-corrected chi connectivity index (χ1v) is 4.46. The topological polar surface area (TPSA) is 42.2 Å². The summed E-state index contributed by atoms with van der Waals surface area (Å²) in [6.07, 6.45) is 0. The van der Waals surface area contributed by atoms with E-state index in [1.807, 2.05) is 19.1 Å². The molecule has 0 N–H and O–H groups in total. The molecular weight excluding hydrogens is 190 g/mol. The van der Waals surface area contributed by atoms with Crippen LogP contribution in [-0.4, -0.2) is 14.2 Å². The van der Waals surface area contributed by atoms with Gasteiger partial charge < -0.3 is 9.47 Å². The largest absolute Gasteiger partial charge is 0.496 e. The average Bonchev–Trinajstić information content (AvgIpc) is 2.27. The van der Waals surface area contributed by atoms with Crippen LogP contribution in [0.3, 0.4) is 0 Å². The molecule has 0 aliphatic heterocycles. The van der Waals surface area contributed by atoms with Crippen LogP contribution >= 0.6 is 0 Å². The molecule has 78 valence electrons. The molecule has 0 unspecified atom stereocenters. The fourth-order valence-corrected chi connectivity index (χ4v) is 1.35. The molecule has 0 amide bonds. The smallest absolute Gasteiger partial charge is 0.127 e. The Labute approximate surface area is 89.6 Å². The minimum atomic E-state index is 0.366. The molecule has 0 fully saturated rings. The molecular formula is C12H13NO2. The predicted octanol–water partition coefficient (Wildman–Crippen LogP) is 2.55. The van der Waals surface area contributed by atoms with E-state index in [0.717, 1.165) is 11.3 Å². The zero-order valence-corrected chi connectivity index (χ0v) is 9.13. The van der Waals surface area contributed by atoms with E-state index < -0.39 is 0 Å². The number of nitrogens with zero attached hydrogens (tertiary/aromatic N) is 1. The quantitative estimate of drug-likeness (QED) is 0.709. The van der Waals surface area contributed by atoms with Crippen molar-refractivity contribution in [1.29, 1.82) is 5.26 Å². The molecule has 0 bridgehead atoms. The van der Waals surface area contributed by atoms with E-state index in [-0.39, 0.29) is 0 Å². The second-order valence-corrected chi connectivity index (χ2v) is 3.11. The van der Waals surface area contributed by atoms with Gasteiger partial charge in [0.1, 0.15) is 11.5 Å². The molecule has 0 saturated heterocycles. The third kappa shape index (κ3) is 2.10. The zero-order chi connectivity index (χ0) is 11.4. The number of rotatable bonds is 3. The summed E-state index contributed by atoms with van der Waals surface area (Å²) in [5.41, 5.74) is 2.00. The van der Waals surface area contributed by atoms with Crippen LogP contribution in [0.4, 0.5) is 0 Å². The Hall–Kier alpha value is -1.95. The maximum absolute atomic E-state index is 8.80. The number of allylic oxidation sites excluding steroid dienone is 1. The zero-order valence-electron chi connectivity index (χ0n) is 9.13. The van der Waals surface area contributed by atoms with Gasteiger partial charge in [-0.1, -0.05) is 6.58 Å². The monoisotopic (exact) mass is 203 g/mol. The van der Waals surface area contributed by atoms with Gasteiger partial charge in [-0.25, -0.2) is 0 Å². The van der Waals surface area contributed by atoms with E-state index in [4.69, 9.17) is 14.7 Å². The molecule has 0 radical (unpaired) electrons. The summed E-state index contributed by atoms with van der Waals surface area (Å²) in [7, 11) is 3.16. The number of nitriles is 1. The highest BCUT2D eigenvalue weighted by Crippen LogP contribution is 2.31. The highest BCUT2D eigenvalue weighted by molar-refractivity contribution is 5.79. The van der Waals surface area contributed by atoms with E-state index in [1.165, 1.54) is 0 Å². The van der Waals surface area contributed by atoms with Gasteiger partial charge in [0.2, 0.25) is 0 Å². The van der Waals surface area contributed by atoms with Gasteiger partial charge in [0, 0.05) is 5.56 Å². The van der Waals surface area contributed by atoms with Crippen LogP contribution in [-0.2, 0) is 0 Å². The van der Waals surface area contributed by atoms with Crippen LogP contribution < -0.4 is 9.47 Å². The minimum absolute atomic E-state index is 0.366. The maximum atomic E-state index is 8.80. The fourth-order valence-electron chi connectivity index (χ4n) is 1.35.